The maximum Gasteiger partial charge on any atom is 0.179 e. The second-order valence-electron chi connectivity index (χ2n) is 4.69. The SMILES string of the molecule is CS(=O)(=O)c1c(F)cc(CN2CCNCC2)cc1Cl. The average molecular weight is 307 g/mol. The Bertz CT molecular complexity index is 548. The molecule has 0 aromatic heterocycles. The molecule has 4 nitrogen and oxygen atoms in total. The van der Waals surface area contributed by atoms with E-state index in [4.69, 9.17) is 11.6 Å². The molecule has 1 aliphatic rings. The van der Waals surface area contributed by atoms with Crippen LogP contribution >= 0.6 is 11.6 Å². The van der Waals surface area contributed by atoms with Crippen LogP contribution in [0.2, 0.25) is 5.02 Å². The maximum absolute atomic E-state index is 13.9. The van der Waals surface area contributed by atoms with Gasteiger partial charge < -0.3 is 5.32 Å². The standard InChI is InChI=1S/C12H16ClFN2O2S/c1-19(17,18)12-10(13)6-9(7-11(12)14)8-16-4-2-15-3-5-16/h6-7,15H,2-5,8H2,1H3. The zero-order valence-corrected chi connectivity index (χ0v) is 12.2. The van der Waals surface area contributed by atoms with Gasteiger partial charge in [-0.2, -0.15) is 0 Å². The average Bonchev–Trinajstić information content (AvgIpc) is 2.27. The molecule has 0 radical (unpaired) electrons. The van der Waals surface area contributed by atoms with Gasteiger partial charge in [0.15, 0.2) is 9.84 Å². The molecule has 0 amide bonds. The van der Waals surface area contributed by atoms with Gasteiger partial charge in [0.2, 0.25) is 0 Å². The summed E-state index contributed by atoms with van der Waals surface area (Å²) >= 11 is 5.89. The Kier molecular flexibility index (Phi) is 4.45. The first-order valence-corrected chi connectivity index (χ1v) is 8.26. The Labute approximate surface area is 117 Å². The molecule has 0 atom stereocenters. The Hall–Kier alpha value is -0.690. The Morgan fingerprint density at radius 3 is 2.53 bits per heavy atom. The molecule has 0 spiro atoms. The highest BCUT2D eigenvalue weighted by molar-refractivity contribution is 7.90. The van der Waals surface area contributed by atoms with Gasteiger partial charge in [-0.15, -0.1) is 0 Å². The van der Waals surface area contributed by atoms with Gasteiger partial charge in [0.05, 0.1) is 5.02 Å². The van der Waals surface area contributed by atoms with Crippen molar-refractivity contribution >= 4 is 21.4 Å². The highest BCUT2D eigenvalue weighted by Gasteiger charge is 2.20. The van der Waals surface area contributed by atoms with Gasteiger partial charge in [0.1, 0.15) is 10.7 Å². The van der Waals surface area contributed by atoms with Crippen molar-refractivity contribution in [3.63, 3.8) is 0 Å². The number of rotatable bonds is 3. The van der Waals surface area contributed by atoms with Crippen molar-refractivity contribution in [2.24, 2.45) is 0 Å². The molecule has 0 unspecified atom stereocenters. The summed E-state index contributed by atoms with van der Waals surface area (Å²) in [6.07, 6.45) is 0.952. The van der Waals surface area contributed by atoms with Crippen molar-refractivity contribution in [1.82, 2.24) is 10.2 Å². The number of nitrogens with zero attached hydrogens (tertiary/aromatic N) is 1. The van der Waals surface area contributed by atoms with Crippen LogP contribution in [0.5, 0.6) is 0 Å². The fourth-order valence-electron chi connectivity index (χ4n) is 2.19. The van der Waals surface area contributed by atoms with E-state index >= 15 is 0 Å². The first-order chi connectivity index (χ1) is 8.88. The second-order valence-corrected chi connectivity index (χ2v) is 7.05. The van der Waals surface area contributed by atoms with E-state index in [9.17, 15) is 12.8 Å². The molecule has 106 valence electrons. The number of benzene rings is 1. The Balaban J connectivity index is 2.24. The minimum absolute atomic E-state index is 0.0485. The lowest BCUT2D eigenvalue weighted by molar-refractivity contribution is 0.233. The van der Waals surface area contributed by atoms with Gasteiger partial charge in [0.25, 0.3) is 0 Å². The number of halogens is 2. The summed E-state index contributed by atoms with van der Waals surface area (Å²) in [5.41, 5.74) is 0.691. The third-order valence-corrected chi connectivity index (χ3v) is 4.61. The van der Waals surface area contributed by atoms with Crippen molar-refractivity contribution in [1.29, 1.82) is 0 Å². The number of sulfone groups is 1. The van der Waals surface area contributed by atoms with Gasteiger partial charge >= 0.3 is 0 Å². The Morgan fingerprint density at radius 1 is 1.37 bits per heavy atom. The molecular formula is C12H16ClFN2O2S. The molecule has 2 rings (SSSR count). The molecular weight excluding hydrogens is 291 g/mol. The van der Waals surface area contributed by atoms with Gasteiger partial charge in [-0.05, 0) is 17.7 Å². The fourth-order valence-corrected chi connectivity index (χ4v) is 3.66. The molecule has 1 fully saturated rings. The van der Waals surface area contributed by atoms with E-state index in [1.165, 1.54) is 12.1 Å². The van der Waals surface area contributed by atoms with Crippen LogP contribution in [0, 0.1) is 5.82 Å². The predicted molar refractivity (Wildman–Crippen MR) is 72.7 cm³/mol. The largest absolute Gasteiger partial charge is 0.314 e. The van der Waals surface area contributed by atoms with Gasteiger partial charge in [-0.3, -0.25) is 4.90 Å². The third kappa shape index (κ3) is 3.66. The monoisotopic (exact) mass is 306 g/mol. The molecule has 0 bridgehead atoms. The van der Waals surface area contributed by atoms with E-state index in [-0.39, 0.29) is 5.02 Å². The summed E-state index contributed by atoms with van der Waals surface area (Å²) in [7, 11) is -3.64. The third-order valence-electron chi connectivity index (χ3n) is 3.04. The molecule has 1 aromatic carbocycles. The summed E-state index contributed by atoms with van der Waals surface area (Å²) in [4.78, 5) is 1.75. The second kappa shape index (κ2) is 5.75. The van der Waals surface area contributed by atoms with Crippen LogP contribution in [0.4, 0.5) is 4.39 Å². The first kappa shape index (κ1) is 14.7. The van der Waals surface area contributed by atoms with Crippen molar-refractivity contribution in [2.45, 2.75) is 11.4 Å². The quantitative estimate of drug-likeness (QED) is 0.914. The van der Waals surface area contributed by atoms with E-state index in [2.05, 4.69) is 10.2 Å². The lowest BCUT2D eigenvalue weighted by atomic mass is 10.2. The highest BCUT2D eigenvalue weighted by Crippen LogP contribution is 2.26. The maximum atomic E-state index is 13.9. The van der Waals surface area contributed by atoms with E-state index in [0.717, 1.165) is 32.4 Å². The molecule has 0 saturated carbocycles. The normalized spacial score (nSPS) is 17.6. The van der Waals surface area contributed by atoms with Crippen molar-refractivity contribution < 1.29 is 12.8 Å². The smallest absolute Gasteiger partial charge is 0.179 e. The van der Waals surface area contributed by atoms with E-state index in [0.29, 0.717) is 12.1 Å². The van der Waals surface area contributed by atoms with Crippen LogP contribution in [0.1, 0.15) is 5.56 Å². The molecule has 1 aliphatic heterocycles. The number of hydrogen-bond donors (Lipinski definition) is 1. The molecule has 1 heterocycles. The summed E-state index contributed by atoms with van der Waals surface area (Å²) in [5, 5.41) is 3.18. The Morgan fingerprint density at radius 2 is 2.00 bits per heavy atom. The first-order valence-electron chi connectivity index (χ1n) is 5.99. The van der Waals surface area contributed by atoms with Crippen LogP contribution in [0.25, 0.3) is 0 Å². The van der Waals surface area contributed by atoms with Crippen LogP contribution < -0.4 is 5.32 Å². The fraction of sp³-hybridized carbons (Fsp3) is 0.500. The predicted octanol–water partition coefficient (Wildman–Crippen LogP) is 1.29. The number of hydrogen-bond acceptors (Lipinski definition) is 4. The van der Waals surface area contributed by atoms with Crippen molar-refractivity contribution in [3.8, 4) is 0 Å². The van der Waals surface area contributed by atoms with Crippen LogP contribution in [0.15, 0.2) is 17.0 Å². The van der Waals surface area contributed by atoms with E-state index in [1.807, 2.05) is 0 Å². The summed E-state index contributed by atoms with van der Waals surface area (Å²) in [6, 6.07) is 2.79. The van der Waals surface area contributed by atoms with Gasteiger partial charge in [-0.25, -0.2) is 12.8 Å². The lowest BCUT2D eigenvalue weighted by Crippen LogP contribution is -2.42. The van der Waals surface area contributed by atoms with Gasteiger partial charge in [-0.1, -0.05) is 11.6 Å². The molecule has 1 aromatic rings. The minimum Gasteiger partial charge on any atom is -0.314 e. The van der Waals surface area contributed by atoms with Crippen molar-refractivity contribution in [2.75, 3.05) is 32.4 Å². The summed E-state index contributed by atoms with van der Waals surface area (Å²) in [5.74, 6) is -0.778. The van der Waals surface area contributed by atoms with Crippen LogP contribution in [-0.2, 0) is 16.4 Å². The minimum atomic E-state index is -3.64. The molecule has 1 N–H and O–H groups in total. The van der Waals surface area contributed by atoms with Crippen LogP contribution in [-0.4, -0.2) is 45.8 Å². The summed E-state index contributed by atoms with van der Waals surface area (Å²) in [6.45, 7) is 4.14. The van der Waals surface area contributed by atoms with E-state index in [1.54, 1.807) is 0 Å². The van der Waals surface area contributed by atoms with Gasteiger partial charge in [0, 0.05) is 39.0 Å². The number of piperazine rings is 1. The van der Waals surface area contributed by atoms with Crippen LogP contribution in [0.3, 0.4) is 0 Å². The van der Waals surface area contributed by atoms with E-state index < -0.39 is 20.5 Å². The molecule has 1 saturated heterocycles. The highest BCUT2D eigenvalue weighted by atomic mass is 35.5. The topological polar surface area (TPSA) is 49.4 Å². The summed E-state index contributed by atoms with van der Waals surface area (Å²) < 4.78 is 36.7. The zero-order chi connectivity index (χ0) is 14.0. The lowest BCUT2D eigenvalue weighted by Gasteiger charge is -2.27. The molecule has 7 heteroatoms. The van der Waals surface area contributed by atoms with Crippen molar-refractivity contribution in [3.05, 3.63) is 28.5 Å². The molecule has 0 aliphatic carbocycles. The number of nitrogens with one attached hydrogen (secondary N) is 1. The molecule has 19 heavy (non-hydrogen) atoms. The zero-order valence-electron chi connectivity index (χ0n) is 10.6.